The number of hydrogen-bond acceptors (Lipinski definition) is 3. The van der Waals surface area contributed by atoms with Gasteiger partial charge in [-0.1, -0.05) is 18.5 Å². The minimum atomic E-state index is -0.378. The van der Waals surface area contributed by atoms with Crippen LogP contribution in [0.1, 0.15) is 25.8 Å². The molecule has 1 N–H and O–H groups in total. The smallest absolute Gasteiger partial charge is 0.330 e. The zero-order valence-corrected chi connectivity index (χ0v) is 16.0. The third kappa shape index (κ3) is 4.61. The van der Waals surface area contributed by atoms with E-state index >= 15 is 0 Å². The molecule has 1 aromatic carbocycles. The largest absolute Gasteiger partial charge is 0.487 e. The van der Waals surface area contributed by atoms with Crippen molar-refractivity contribution in [1.29, 1.82) is 0 Å². The van der Waals surface area contributed by atoms with E-state index in [9.17, 15) is 9.18 Å². The molecular weight excluding hydrogens is 365 g/mol. The molecule has 0 aliphatic rings. The number of nitrogens with one attached hydrogen (secondary N) is 1. The number of aromatic amines is 1. The molecule has 1 atom stereocenters. The number of halogens is 2. The first-order valence-electron chi connectivity index (χ1n) is 8.04. The number of aromatic nitrogens is 2. The molecule has 1 heterocycles. The van der Waals surface area contributed by atoms with Crippen molar-refractivity contribution in [3.05, 3.63) is 45.7 Å². The number of H-pyrrole nitrogens is 1. The molecule has 0 aliphatic carbocycles. The van der Waals surface area contributed by atoms with E-state index < -0.39 is 0 Å². The third-order valence-corrected chi connectivity index (χ3v) is 4.50. The van der Waals surface area contributed by atoms with E-state index in [0.29, 0.717) is 34.9 Å². The molecule has 0 bridgehead atoms. The Morgan fingerprint density at radius 3 is 2.76 bits per heavy atom. The first-order valence-corrected chi connectivity index (χ1v) is 8.83. The van der Waals surface area contributed by atoms with E-state index in [1.165, 1.54) is 16.7 Å². The lowest BCUT2D eigenvalue weighted by Gasteiger charge is -2.27. The van der Waals surface area contributed by atoms with E-state index in [-0.39, 0.29) is 23.7 Å². The van der Waals surface area contributed by atoms with Crippen LogP contribution in [0.5, 0.6) is 5.75 Å². The molecule has 0 aliphatic heterocycles. The lowest BCUT2D eigenvalue weighted by molar-refractivity contribution is 0.137. The summed E-state index contributed by atoms with van der Waals surface area (Å²) < 4.78 is 21.3. The van der Waals surface area contributed by atoms with E-state index in [1.54, 1.807) is 24.2 Å². The molecule has 2 rings (SSSR count). The van der Waals surface area contributed by atoms with Gasteiger partial charge in [0.25, 0.3) is 0 Å². The molecular formula is C17H21ClFN3O2S. The number of amides is 1. The molecule has 5 nitrogen and oxygen atoms in total. The average molecular weight is 386 g/mol. The van der Waals surface area contributed by atoms with Gasteiger partial charge in [-0.3, -0.25) is 0 Å². The number of aryl methyl sites for hydroxylation is 1. The Bertz CT molecular complexity index is 805. The van der Waals surface area contributed by atoms with Crippen molar-refractivity contribution in [2.45, 2.75) is 33.3 Å². The van der Waals surface area contributed by atoms with Crippen LogP contribution in [-0.4, -0.2) is 39.7 Å². The first kappa shape index (κ1) is 19.5. The van der Waals surface area contributed by atoms with Crippen LogP contribution in [0, 0.1) is 17.5 Å². The Balaban J connectivity index is 2.15. The Labute approximate surface area is 156 Å². The van der Waals surface area contributed by atoms with Gasteiger partial charge in [-0.05, 0) is 44.1 Å². The topological polar surface area (TPSA) is 50.3 Å². The highest BCUT2D eigenvalue weighted by molar-refractivity contribution is 7.71. The van der Waals surface area contributed by atoms with Crippen LogP contribution in [0.4, 0.5) is 9.18 Å². The van der Waals surface area contributed by atoms with Crippen LogP contribution in [-0.2, 0) is 0 Å². The van der Waals surface area contributed by atoms with E-state index in [2.05, 4.69) is 4.98 Å². The summed E-state index contributed by atoms with van der Waals surface area (Å²) in [5, 5.41) is 0.347. The summed E-state index contributed by atoms with van der Waals surface area (Å²) in [6.07, 6.45) is 3.50. The van der Waals surface area contributed by atoms with Crippen molar-refractivity contribution < 1.29 is 13.9 Å². The molecule has 1 aromatic heterocycles. The van der Waals surface area contributed by atoms with Crippen LogP contribution in [0.15, 0.2) is 24.5 Å². The predicted octanol–water partition coefficient (Wildman–Crippen LogP) is 4.79. The number of ether oxygens (including phenoxy) is 1. The number of carbonyl (C=O) groups is 1. The van der Waals surface area contributed by atoms with Gasteiger partial charge in [-0.25, -0.2) is 13.8 Å². The molecule has 25 heavy (non-hydrogen) atoms. The normalized spacial score (nSPS) is 12.0. The second kappa shape index (κ2) is 8.49. The molecule has 0 saturated carbocycles. The van der Waals surface area contributed by atoms with Crippen LogP contribution in [0.2, 0.25) is 5.02 Å². The second-order valence-electron chi connectivity index (χ2n) is 5.64. The molecule has 0 spiro atoms. The van der Waals surface area contributed by atoms with Gasteiger partial charge in [-0.2, -0.15) is 0 Å². The average Bonchev–Trinajstić information content (AvgIpc) is 3.01. The molecule has 0 fully saturated rings. The molecule has 8 heteroatoms. The fourth-order valence-corrected chi connectivity index (χ4v) is 2.83. The van der Waals surface area contributed by atoms with Gasteiger partial charge in [-0.15, -0.1) is 0 Å². The standard InChI is InChI=1S/C17H21ClFN3O2S/c1-4-12(24-15-9-14(19)11(3)8-13(15)18)10-21(5-2)17(23)22-7-6-20-16(22)25/h6-9,12H,4-5,10H2,1-3H3,(H,20,25). The maximum absolute atomic E-state index is 13.8. The number of carbonyl (C=O) groups excluding carboxylic acids is 1. The molecule has 1 unspecified atom stereocenters. The predicted molar refractivity (Wildman–Crippen MR) is 98.5 cm³/mol. The quantitative estimate of drug-likeness (QED) is 0.727. The van der Waals surface area contributed by atoms with Gasteiger partial charge < -0.3 is 14.6 Å². The summed E-state index contributed by atoms with van der Waals surface area (Å²) in [6.45, 7) is 6.27. The lowest BCUT2D eigenvalue weighted by Crippen LogP contribution is -2.41. The van der Waals surface area contributed by atoms with Crippen molar-refractivity contribution >= 4 is 29.8 Å². The minimum absolute atomic E-state index is 0.239. The number of hydrogen-bond donors (Lipinski definition) is 1. The maximum Gasteiger partial charge on any atom is 0.330 e. The number of likely N-dealkylation sites (N-methyl/N-ethyl adjacent to an activating group) is 1. The van der Waals surface area contributed by atoms with Crippen molar-refractivity contribution in [1.82, 2.24) is 14.5 Å². The maximum atomic E-state index is 13.8. The van der Waals surface area contributed by atoms with Crippen LogP contribution >= 0.6 is 23.8 Å². The summed E-state index contributed by atoms with van der Waals surface area (Å²) in [6, 6.07) is 2.57. The van der Waals surface area contributed by atoms with Crippen LogP contribution in [0.3, 0.4) is 0 Å². The molecule has 1 amide bonds. The highest BCUT2D eigenvalue weighted by atomic mass is 35.5. The Morgan fingerprint density at radius 1 is 1.48 bits per heavy atom. The number of benzene rings is 1. The minimum Gasteiger partial charge on any atom is -0.487 e. The zero-order chi connectivity index (χ0) is 18.6. The van der Waals surface area contributed by atoms with Crippen molar-refractivity contribution in [2.75, 3.05) is 13.1 Å². The number of nitrogens with zero attached hydrogens (tertiary/aromatic N) is 2. The fraction of sp³-hybridized carbons (Fsp3) is 0.412. The van der Waals surface area contributed by atoms with Gasteiger partial charge in [0.2, 0.25) is 0 Å². The molecule has 2 aromatic rings. The first-order chi connectivity index (χ1) is 11.9. The summed E-state index contributed by atoms with van der Waals surface area (Å²) in [4.78, 5) is 17.0. The highest BCUT2D eigenvalue weighted by Gasteiger charge is 2.21. The van der Waals surface area contributed by atoms with E-state index in [4.69, 9.17) is 28.6 Å². The van der Waals surface area contributed by atoms with Crippen LogP contribution in [0.25, 0.3) is 0 Å². The van der Waals surface area contributed by atoms with E-state index in [0.717, 1.165) is 0 Å². The van der Waals surface area contributed by atoms with Gasteiger partial charge in [0.05, 0.1) is 11.6 Å². The van der Waals surface area contributed by atoms with Gasteiger partial charge in [0.1, 0.15) is 17.7 Å². The third-order valence-electron chi connectivity index (χ3n) is 3.89. The Kier molecular flexibility index (Phi) is 6.61. The molecule has 0 saturated heterocycles. The molecule has 0 radical (unpaired) electrons. The summed E-state index contributed by atoms with van der Waals surface area (Å²) in [5.41, 5.74) is 0.456. The van der Waals surface area contributed by atoms with Crippen molar-refractivity contribution in [3.63, 3.8) is 0 Å². The van der Waals surface area contributed by atoms with Gasteiger partial charge in [0.15, 0.2) is 4.77 Å². The Hall–Kier alpha value is -1.86. The molecule has 136 valence electrons. The monoisotopic (exact) mass is 385 g/mol. The number of imidazole rings is 1. The van der Waals surface area contributed by atoms with Crippen molar-refractivity contribution in [3.8, 4) is 5.75 Å². The van der Waals surface area contributed by atoms with Crippen molar-refractivity contribution in [2.24, 2.45) is 0 Å². The fourth-order valence-electron chi connectivity index (χ4n) is 2.36. The van der Waals surface area contributed by atoms with Gasteiger partial charge >= 0.3 is 6.03 Å². The van der Waals surface area contributed by atoms with Gasteiger partial charge in [0, 0.05) is 25.0 Å². The lowest BCUT2D eigenvalue weighted by atomic mass is 10.2. The summed E-state index contributed by atoms with van der Waals surface area (Å²) in [7, 11) is 0. The van der Waals surface area contributed by atoms with E-state index in [1.807, 2.05) is 13.8 Å². The highest BCUT2D eigenvalue weighted by Crippen LogP contribution is 2.28. The second-order valence-corrected chi connectivity index (χ2v) is 6.43. The summed E-state index contributed by atoms with van der Waals surface area (Å²) >= 11 is 11.2. The summed E-state index contributed by atoms with van der Waals surface area (Å²) in [5.74, 6) is -0.102. The zero-order valence-electron chi connectivity index (χ0n) is 14.4. The SMILES string of the molecule is CCC(CN(CC)C(=O)n1cc[nH]c1=S)Oc1cc(F)c(C)cc1Cl. The number of rotatable bonds is 6. The van der Waals surface area contributed by atoms with Crippen LogP contribution < -0.4 is 4.74 Å². The Morgan fingerprint density at radius 2 is 2.20 bits per heavy atom.